The van der Waals surface area contributed by atoms with Crippen molar-refractivity contribution in [2.75, 3.05) is 0 Å². The molecule has 1 aromatic heterocycles. The van der Waals surface area contributed by atoms with E-state index in [0.29, 0.717) is 0 Å². The Labute approximate surface area is 97.1 Å². The molecule has 1 aromatic carbocycles. The largest absolute Gasteiger partial charge is 0.499 e. The number of hydrogen-bond acceptors (Lipinski definition) is 3. The van der Waals surface area contributed by atoms with Crippen molar-refractivity contribution in [2.24, 2.45) is 0 Å². The summed E-state index contributed by atoms with van der Waals surface area (Å²) in [5.41, 5.74) is 0.246. The fourth-order valence-electron chi connectivity index (χ4n) is 1.19. The number of aromatic carboxylic acids is 1. The highest BCUT2D eigenvalue weighted by atomic mass is 127. The first-order valence-electron chi connectivity index (χ1n) is 3.74. The van der Waals surface area contributed by atoms with Crippen LogP contribution in [-0.4, -0.2) is 16.2 Å². The summed E-state index contributed by atoms with van der Waals surface area (Å²) in [5.74, 6) is -0.949. The first-order chi connectivity index (χ1) is 6.59. The number of carboxylic acids is 1. The molecule has 0 amide bonds. The van der Waals surface area contributed by atoms with Crippen molar-refractivity contribution in [3.63, 3.8) is 0 Å². The molecule has 0 fully saturated rings. The third-order valence-corrected chi connectivity index (χ3v) is 4.27. The van der Waals surface area contributed by atoms with Crippen LogP contribution in [0.15, 0.2) is 18.2 Å². The molecule has 0 saturated heterocycles. The van der Waals surface area contributed by atoms with Gasteiger partial charge in [0.2, 0.25) is 0 Å². The molecule has 1 heterocycles. The number of carboxylic acid groups (broad SMARTS) is 1. The van der Waals surface area contributed by atoms with Crippen molar-refractivity contribution in [2.45, 2.75) is 0 Å². The molecule has 0 atom stereocenters. The molecular formula is C9H5IO3S. The zero-order chi connectivity index (χ0) is 10.3. The van der Waals surface area contributed by atoms with Gasteiger partial charge in [-0.1, -0.05) is 17.4 Å². The Morgan fingerprint density at radius 3 is 2.79 bits per heavy atom. The van der Waals surface area contributed by atoms with Gasteiger partial charge in [0.25, 0.3) is 0 Å². The summed E-state index contributed by atoms with van der Waals surface area (Å²) >= 11 is 3.23. The number of thiophene rings is 1. The summed E-state index contributed by atoms with van der Waals surface area (Å²) in [7, 11) is 0. The van der Waals surface area contributed by atoms with Crippen molar-refractivity contribution < 1.29 is 15.0 Å². The van der Waals surface area contributed by atoms with Gasteiger partial charge in [0.05, 0.1) is 9.13 Å². The first-order valence-corrected chi connectivity index (χ1v) is 5.63. The van der Waals surface area contributed by atoms with Gasteiger partial charge in [0, 0.05) is 10.1 Å². The Morgan fingerprint density at radius 2 is 2.14 bits per heavy atom. The predicted octanol–water partition coefficient (Wildman–Crippen LogP) is 2.91. The summed E-state index contributed by atoms with van der Waals surface area (Å²) in [6.07, 6.45) is 0. The fraction of sp³-hybridized carbons (Fsp3) is 0. The summed E-state index contributed by atoms with van der Waals surface area (Å²) in [4.78, 5) is 10.7. The van der Waals surface area contributed by atoms with Crippen molar-refractivity contribution in [1.29, 1.82) is 0 Å². The van der Waals surface area contributed by atoms with Gasteiger partial charge in [-0.3, -0.25) is 0 Å². The summed E-state index contributed by atoms with van der Waals surface area (Å²) in [6.45, 7) is 0. The van der Waals surface area contributed by atoms with Crippen LogP contribution in [0.1, 0.15) is 10.4 Å². The van der Waals surface area contributed by atoms with E-state index in [4.69, 9.17) is 5.11 Å². The number of aromatic hydroxyl groups is 1. The van der Waals surface area contributed by atoms with Crippen LogP contribution in [0.25, 0.3) is 10.1 Å². The van der Waals surface area contributed by atoms with E-state index in [1.165, 1.54) is 11.3 Å². The topological polar surface area (TPSA) is 57.5 Å². The smallest absolute Gasteiger partial charge is 0.335 e. The Morgan fingerprint density at radius 1 is 1.43 bits per heavy atom. The molecule has 0 radical (unpaired) electrons. The number of carbonyl (C=O) groups is 1. The van der Waals surface area contributed by atoms with Crippen molar-refractivity contribution in [1.82, 2.24) is 0 Å². The Hall–Kier alpha value is -0.820. The van der Waals surface area contributed by atoms with E-state index >= 15 is 0 Å². The van der Waals surface area contributed by atoms with E-state index < -0.39 is 5.97 Å². The maximum Gasteiger partial charge on any atom is 0.335 e. The highest BCUT2D eigenvalue weighted by Gasteiger charge is 2.10. The normalized spacial score (nSPS) is 10.6. The molecule has 14 heavy (non-hydrogen) atoms. The molecule has 0 unspecified atom stereocenters. The van der Waals surface area contributed by atoms with E-state index in [0.717, 1.165) is 13.7 Å². The molecule has 0 aliphatic heterocycles. The molecule has 5 heteroatoms. The van der Waals surface area contributed by atoms with Crippen LogP contribution < -0.4 is 0 Å². The van der Waals surface area contributed by atoms with E-state index in [1.807, 2.05) is 22.6 Å². The minimum atomic E-state index is -0.949. The molecule has 0 aliphatic carbocycles. The molecular weight excluding hydrogens is 315 g/mol. The van der Waals surface area contributed by atoms with Gasteiger partial charge in [-0.2, -0.15) is 0 Å². The predicted molar refractivity (Wildman–Crippen MR) is 63.2 cm³/mol. The molecule has 0 bridgehead atoms. The third kappa shape index (κ3) is 1.46. The number of hydrogen-bond donors (Lipinski definition) is 2. The number of fused-ring (bicyclic) bond motifs is 1. The van der Waals surface area contributed by atoms with E-state index in [9.17, 15) is 9.90 Å². The zero-order valence-corrected chi connectivity index (χ0v) is 9.79. The maximum absolute atomic E-state index is 10.7. The minimum Gasteiger partial charge on any atom is -0.499 e. The van der Waals surface area contributed by atoms with Crippen LogP contribution in [0, 0.1) is 3.57 Å². The van der Waals surface area contributed by atoms with E-state index in [-0.39, 0.29) is 10.6 Å². The lowest BCUT2D eigenvalue weighted by Gasteiger charge is -1.93. The van der Waals surface area contributed by atoms with E-state index in [2.05, 4.69) is 0 Å². The average molecular weight is 320 g/mol. The number of benzene rings is 1. The van der Waals surface area contributed by atoms with Gasteiger partial charge < -0.3 is 10.2 Å². The summed E-state index contributed by atoms with van der Waals surface area (Å²) < 4.78 is 1.58. The summed E-state index contributed by atoms with van der Waals surface area (Å²) in [5, 5.41) is 19.3. The maximum atomic E-state index is 10.7. The first kappa shape index (κ1) is 9.72. The Balaban J connectivity index is 2.73. The molecule has 0 aliphatic rings. The van der Waals surface area contributed by atoms with Gasteiger partial charge in [-0.15, -0.1) is 0 Å². The van der Waals surface area contributed by atoms with Crippen molar-refractivity contribution in [3.8, 4) is 5.06 Å². The molecule has 3 nitrogen and oxygen atoms in total. The van der Waals surface area contributed by atoms with Gasteiger partial charge in [-0.05, 0) is 34.7 Å². The van der Waals surface area contributed by atoms with Crippen LogP contribution in [0.2, 0.25) is 0 Å². The van der Waals surface area contributed by atoms with Crippen LogP contribution in [-0.2, 0) is 0 Å². The SMILES string of the molecule is O=C(O)c1ccc2c(I)c(O)sc2c1. The molecule has 0 saturated carbocycles. The lowest BCUT2D eigenvalue weighted by atomic mass is 10.2. The lowest BCUT2D eigenvalue weighted by molar-refractivity contribution is 0.0697. The third-order valence-electron chi connectivity index (χ3n) is 1.86. The van der Waals surface area contributed by atoms with Gasteiger partial charge in [-0.25, -0.2) is 4.79 Å². The second-order valence-corrected chi connectivity index (χ2v) is 4.85. The summed E-state index contributed by atoms with van der Waals surface area (Å²) in [6, 6.07) is 4.83. The van der Waals surface area contributed by atoms with Crippen LogP contribution in [0.5, 0.6) is 5.06 Å². The van der Waals surface area contributed by atoms with Crippen LogP contribution in [0.3, 0.4) is 0 Å². The second-order valence-electron chi connectivity index (χ2n) is 2.74. The van der Waals surface area contributed by atoms with Crippen molar-refractivity contribution >= 4 is 50.0 Å². The highest BCUT2D eigenvalue weighted by molar-refractivity contribution is 14.1. The molecule has 2 rings (SSSR count). The van der Waals surface area contributed by atoms with Gasteiger partial charge in [0.1, 0.15) is 0 Å². The fourth-order valence-corrected chi connectivity index (χ4v) is 3.04. The Bertz CT molecular complexity index is 518. The molecule has 0 spiro atoms. The molecule has 72 valence electrons. The van der Waals surface area contributed by atoms with Gasteiger partial charge in [0.15, 0.2) is 5.06 Å². The average Bonchev–Trinajstić information content (AvgIpc) is 2.42. The monoisotopic (exact) mass is 320 g/mol. The van der Waals surface area contributed by atoms with Crippen LogP contribution in [0.4, 0.5) is 0 Å². The number of rotatable bonds is 1. The van der Waals surface area contributed by atoms with E-state index in [1.54, 1.807) is 18.2 Å². The Kier molecular flexibility index (Phi) is 2.36. The quantitative estimate of drug-likeness (QED) is 0.795. The second kappa shape index (κ2) is 3.39. The number of halogens is 1. The minimum absolute atomic E-state index is 0.239. The van der Waals surface area contributed by atoms with Gasteiger partial charge >= 0.3 is 5.97 Å². The highest BCUT2D eigenvalue weighted by Crippen LogP contribution is 2.37. The van der Waals surface area contributed by atoms with Crippen molar-refractivity contribution in [3.05, 3.63) is 27.3 Å². The van der Waals surface area contributed by atoms with Crippen LogP contribution >= 0.6 is 33.9 Å². The standard InChI is InChI=1S/C9H5IO3S/c10-7-5-2-1-4(8(11)12)3-6(5)14-9(7)13/h1-3,13H,(H,11,12). The zero-order valence-electron chi connectivity index (χ0n) is 6.82. The molecule has 2 aromatic rings. The lowest BCUT2D eigenvalue weighted by Crippen LogP contribution is -1.94. The molecule has 2 N–H and O–H groups in total.